The van der Waals surface area contributed by atoms with Gasteiger partial charge in [-0.25, -0.2) is 0 Å². The minimum absolute atomic E-state index is 0.0417. The summed E-state index contributed by atoms with van der Waals surface area (Å²) in [6.45, 7) is 17.6. The molecule has 4 aliphatic rings. The van der Waals surface area contributed by atoms with Crippen molar-refractivity contribution in [1.29, 1.82) is 0 Å². The molecule has 34 heavy (non-hydrogen) atoms. The second kappa shape index (κ2) is 8.57. The third kappa shape index (κ3) is 4.33. The van der Waals surface area contributed by atoms with Gasteiger partial charge in [-0.2, -0.15) is 0 Å². The number of aliphatic hydroxyl groups excluding tert-OH is 1. The maximum Gasteiger partial charge on any atom is 0.0888 e. The molecular weight excluding hydrogens is 424 g/mol. The highest BCUT2D eigenvalue weighted by Gasteiger charge is 2.57. The zero-order chi connectivity index (χ0) is 25.3. The number of allylic oxidation sites excluding steroid dienone is 2. The Kier molecular flexibility index (Phi) is 6.71. The second-order valence-corrected chi connectivity index (χ2v) is 14.4. The Morgan fingerprint density at radius 2 is 1.47 bits per heavy atom. The van der Waals surface area contributed by atoms with Gasteiger partial charge in [0.2, 0.25) is 0 Å². The predicted octanol–water partition coefficient (Wildman–Crippen LogP) is 6.02. The molecule has 1 heterocycles. The summed E-state index contributed by atoms with van der Waals surface area (Å²) in [7, 11) is 0. The van der Waals surface area contributed by atoms with Crippen molar-refractivity contribution in [2.75, 3.05) is 0 Å². The summed E-state index contributed by atoms with van der Waals surface area (Å²) < 4.78 is 6.59. The molecule has 196 valence electrons. The van der Waals surface area contributed by atoms with E-state index in [9.17, 15) is 15.3 Å². The van der Waals surface area contributed by atoms with Crippen molar-refractivity contribution in [3.63, 3.8) is 0 Å². The predicted molar refractivity (Wildman–Crippen MR) is 137 cm³/mol. The molecule has 0 aromatic heterocycles. The van der Waals surface area contributed by atoms with Crippen LogP contribution in [0, 0.1) is 34.5 Å². The van der Waals surface area contributed by atoms with Crippen LogP contribution in [0.3, 0.4) is 0 Å². The third-order valence-corrected chi connectivity index (χ3v) is 11.3. The summed E-state index contributed by atoms with van der Waals surface area (Å²) in [5, 5.41) is 33.5. The highest BCUT2D eigenvalue weighted by Crippen LogP contribution is 2.59. The summed E-state index contributed by atoms with van der Waals surface area (Å²) in [6, 6.07) is 0. The summed E-state index contributed by atoms with van der Waals surface area (Å²) in [6.07, 6.45) is 10.3. The van der Waals surface area contributed by atoms with E-state index in [1.54, 1.807) is 0 Å². The lowest BCUT2D eigenvalue weighted by Gasteiger charge is -2.54. The number of aliphatic hydroxyl groups is 3. The zero-order valence-corrected chi connectivity index (χ0v) is 23.2. The van der Waals surface area contributed by atoms with Crippen molar-refractivity contribution in [1.82, 2.24) is 0 Å². The Bertz CT molecular complexity index is 794. The molecule has 1 aliphatic heterocycles. The molecular formula is C30H52O4. The molecule has 3 N–H and O–H groups in total. The molecule has 0 amide bonds. The first-order valence-corrected chi connectivity index (χ1v) is 14.0. The van der Waals surface area contributed by atoms with Gasteiger partial charge in [-0.3, -0.25) is 0 Å². The Labute approximate surface area is 208 Å². The van der Waals surface area contributed by atoms with Crippen LogP contribution in [0.2, 0.25) is 0 Å². The molecule has 9 unspecified atom stereocenters. The van der Waals surface area contributed by atoms with Gasteiger partial charge < -0.3 is 20.1 Å². The maximum atomic E-state index is 11.6. The van der Waals surface area contributed by atoms with Gasteiger partial charge in [-0.15, -0.1) is 0 Å². The average Bonchev–Trinajstić information content (AvgIpc) is 2.93. The lowest BCUT2D eigenvalue weighted by atomic mass is 9.56. The van der Waals surface area contributed by atoms with E-state index in [-0.39, 0.29) is 22.9 Å². The van der Waals surface area contributed by atoms with Gasteiger partial charge in [0.15, 0.2) is 0 Å². The van der Waals surface area contributed by atoms with Crippen molar-refractivity contribution in [3.8, 4) is 0 Å². The molecule has 0 aromatic rings. The van der Waals surface area contributed by atoms with Gasteiger partial charge in [0.25, 0.3) is 0 Å². The topological polar surface area (TPSA) is 69.9 Å². The molecule has 0 spiro atoms. The fourth-order valence-electron chi connectivity index (χ4n) is 8.94. The summed E-state index contributed by atoms with van der Waals surface area (Å²) in [4.78, 5) is 0. The van der Waals surface area contributed by atoms with E-state index in [0.717, 1.165) is 51.4 Å². The van der Waals surface area contributed by atoms with Crippen LogP contribution < -0.4 is 0 Å². The summed E-state index contributed by atoms with van der Waals surface area (Å²) in [5.41, 5.74) is -0.459. The number of hydrogen-bond acceptors (Lipinski definition) is 4. The largest absolute Gasteiger partial charge is 0.390 e. The molecule has 1 saturated heterocycles. The van der Waals surface area contributed by atoms with E-state index in [4.69, 9.17) is 4.74 Å². The number of rotatable bonds is 2. The molecule has 0 aromatic carbocycles. The van der Waals surface area contributed by atoms with Gasteiger partial charge in [0, 0.05) is 0 Å². The molecule has 9 atom stereocenters. The normalized spacial score (nSPS) is 51.9. The quantitative estimate of drug-likeness (QED) is 0.426. The minimum atomic E-state index is -0.747. The standard InChI is InChI=1S/C30H52O4/c1-19-9-10-22-21(13-17-29(22,7)32)26(2,3)20(19)11-12-23-28(6)16-14-24(31)27(4,5)34-25(28)15-18-30(23,8)33/h11,19,21-25,31-33H,9-10,12-18H2,1-8H3. The number of ether oxygens (including phenoxy) is 1. The molecule has 0 radical (unpaired) electrons. The fraction of sp³-hybridized carbons (Fsp3) is 0.933. The van der Waals surface area contributed by atoms with E-state index in [0.29, 0.717) is 24.2 Å². The van der Waals surface area contributed by atoms with Crippen molar-refractivity contribution in [2.24, 2.45) is 34.5 Å². The number of fused-ring (bicyclic) bond motifs is 2. The monoisotopic (exact) mass is 476 g/mol. The van der Waals surface area contributed by atoms with E-state index in [1.165, 1.54) is 5.57 Å². The van der Waals surface area contributed by atoms with Crippen molar-refractivity contribution >= 4 is 0 Å². The minimum Gasteiger partial charge on any atom is -0.390 e. The van der Waals surface area contributed by atoms with Crippen molar-refractivity contribution < 1.29 is 20.1 Å². The van der Waals surface area contributed by atoms with Gasteiger partial charge in [-0.1, -0.05) is 39.3 Å². The van der Waals surface area contributed by atoms with E-state index >= 15 is 0 Å². The summed E-state index contributed by atoms with van der Waals surface area (Å²) in [5.74, 6) is 1.45. The van der Waals surface area contributed by atoms with Crippen LogP contribution in [0.4, 0.5) is 0 Å². The highest BCUT2D eigenvalue weighted by molar-refractivity contribution is 5.22. The summed E-state index contributed by atoms with van der Waals surface area (Å²) >= 11 is 0. The smallest absolute Gasteiger partial charge is 0.0888 e. The van der Waals surface area contributed by atoms with Crippen molar-refractivity contribution in [3.05, 3.63) is 11.6 Å². The van der Waals surface area contributed by atoms with E-state index in [2.05, 4.69) is 40.7 Å². The van der Waals surface area contributed by atoms with Gasteiger partial charge >= 0.3 is 0 Å². The third-order valence-electron chi connectivity index (χ3n) is 11.3. The molecule has 3 saturated carbocycles. The first-order valence-electron chi connectivity index (χ1n) is 14.0. The molecule has 0 bridgehead atoms. The van der Waals surface area contributed by atoms with Crippen LogP contribution in [0.15, 0.2) is 11.6 Å². The van der Waals surface area contributed by atoms with E-state index in [1.807, 2.05) is 20.8 Å². The van der Waals surface area contributed by atoms with Crippen LogP contribution in [0.25, 0.3) is 0 Å². The van der Waals surface area contributed by atoms with E-state index < -0.39 is 22.9 Å². The second-order valence-electron chi connectivity index (χ2n) is 14.4. The molecule has 4 heteroatoms. The Balaban J connectivity index is 1.66. The number of hydrogen-bond donors (Lipinski definition) is 3. The van der Waals surface area contributed by atoms with Crippen LogP contribution in [-0.2, 0) is 4.74 Å². The van der Waals surface area contributed by atoms with Crippen LogP contribution >= 0.6 is 0 Å². The Morgan fingerprint density at radius 3 is 2.15 bits per heavy atom. The maximum absolute atomic E-state index is 11.6. The first-order chi connectivity index (χ1) is 15.5. The highest BCUT2D eigenvalue weighted by atomic mass is 16.5. The Morgan fingerprint density at radius 1 is 0.824 bits per heavy atom. The molecule has 3 aliphatic carbocycles. The SMILES string of the molecule is CC1CCC2C(CCC2(C)O)C(C)(C)C1=CCC1C(C)(O)CCC2OC(C)(C)C(O)CCC21C. The van der Waals surface area contributed by atoms with Crippen LogP contribution in [-0.4, -0.2) is 44.3 Å². The van der Waals surface area contributed by atoms with Crippen LogP contribution in [0.1, 0.15) is 113 Å². The lowest BCUT2D eigenvalue weighted by Crippen LogP contribution is -2.56. The fourth-order valence-corrected chi connectivity index (χ4v) is 8.94. The lowest BCUT2D eigenvalue weighted by molar-refractivity contribution is -0.203. The zero-order valence-electron chi connectivity index (χ0n) is 23.2. The Hall–Kier alpha value is -0.420. The molecule has 4 rings (SSSR count). The van der Waals surface area contributed by atoms with Crippen LogP contribution in [0.5, 0.6) is 0 Å². The van der Waals surface area contributed by atoms with Crippen molar-refractivity contribution in [2.45, 2.75) is 142 Å². The average molecular weight is 477 g/mol. The molecule has 4 nitrogen and oxygen atoms in total. The van der Waals surface area contributed by atoms with Gasteiger partial charge in [0.1, 0.15) is 0 Å². The van der Waals surface area contributed by atoms with Gasteiger partial charge in [0.05, 0.1) is 29.0 Å². The first kappa shape index (κ1) is 26.6. The van der Waals surface area contributed by atoms with Gasteiger partial charge in [-0.05, 0) is 120 Å². The molecule has 4 fully saturated rings.